The normalized spacial score (nSPS) is 14.6. The predicted octanol–water partition coefficient (Wildman–Crippen LogP) is 3.69. The summed E-state index contributed by atoms with van der Waals surface area (Å²) in [6.07, 6.45) is -0.729. The van der Waals surface area contributed by atoms with E-state index in [-0.39, 0.29) is 11.7 Å². The number of hydrogen-bond donors (Lipinski definition) is 0. The Balaban J connectivity index is 1.64. The molecule has 0 bridgehead atoms. The minimum atomic E-state index is -2.57. The number of esters is 1. The fourth-order valence-electron chi connectivity index (χ4n) is 2.84. The molecule has 0 spiro atoms. The van der Waals surface area contributed by atoms with Gasteiger partial charge >= 0.3 is 5.97 Å². The van der Waals surface area contributed by atoms with Crippen molar-refractivity contribution >= 4 is 11.7 Å². The molecule has 0 amide bonds. The van der Waals surface area contributed by atoms with E-state index in [4.69, 9.17) is 0 Å². The van der Waals surface area contributed by atoms with Gasteiger partial charge in [0.05, 0.1) is 13.5 Å². The molecular formula is C18H18F2N2O2. The number of carbonyl (C=O) groups is 1. The minimum Gasteiger partial charge on any atom is -0.469 e. The molecule has 1 fully saturated rings. The maximum Gasteiger partial charge on any atom is 0.305 e. The molecule has 24 heavy (non-hydrogen) atoms. The standard InChI is InChI=1S/C18H18F2N2O2/c1-24-17(23)8-12-10-22(11-12)15-4-2-13(3-5-15)14-6-7-21-16(9-14)18(19)20/h2-7,9,12,18H,8,10-11H2,1H3. The Kier molecular flexibility index (Phi) is 4.74. The van der Waals surface area contributed by atoms with Crippen molar-refractivity contribution in [2.24, 2.45) is 5.92 Å². The fraction of sp³-hybridized carbons (Fsp3) is 0.333. The van der Waals surface area contributed by atoms with E-state index < -0.39 is 6.43 Å². The number of methoxy groups -OCH3 is 1. The number of halogens is 2. The van der Waals surface area contributed by atoms with Gasteiger partial charge in [-0.25, -0.2) is 8.78 Å². The summed E-state index contributed by atoms with van der Waals surface area (Å²) in [5, 5.41) is 0. The molecule has 0 saturated carbocycles. The first-order valence-corrected chi connectivity index (χ1v) is 7.73. The van der Waals surface area contributed by atoms with E-state index in [1.807, 2.05) is 24.3 Å². The quantitative estimate of drug-likeness (QED) is 0.783. The van der Waals surface area contributed by atoms with Gasteiger partial charge in [0.25, 0.3) is 6.43 Å². The van der Waals surface area contributed by atoms with E-state index >= 15 is 0 Å². The van der Waals surface area contributed by atoms with Gasteiger partial charge in [0, 0.05) is 30.9 Å². The van der Waals surface area contributed by atoms with Crippen LogP contribution in [0.4, 0.5) is 14.5 Å². The summed E-state index contributed by atoms with van der Waals surface area (Å²) in [4.78, 5) is 17.1. The van der Waals surface area contributed by atoms with Crippen LogP contribution < -0.4 is 4.90 Å². The van der Waals surface area contributed by atoms with Crippen LogP contribution in [-0.2, 0) is 9.53 Å². The van der Waals surface area contributed by atoms with Crippen LogP contribution in [0.5, 0.6) is 0 Å². The number of benzene rings is 1. The monoisotopic (exact) mass is 332 g/mol. The number of hydrogen-bond acceptors (Lipinski definition) is 4. The SMILES string of the molecule is COC(=O)CC1CN(c2ccc(-c3ccnc(C(F)F)c3)cc2)C1. The van der Waals surface area contributed by atoms with Gasteiger partial charge < -0.3 is 9.64 Å². The van der Waals surface area contributed by atoms with Crippen molar-refractivity contribution in [1.82, 2.24) is 4.98 Å². The smallest absolute Gasteiger partial charge is 0.305 e. The molecule has 0 N–H and O–H groups in total. The van der Waals surface area contributed by atoms with E-state index in [1.165, 1.54) is 19.4 Å². The minimum absolute atomic E-state index is 0.178. The van der Waals surface area contributed by atoms with Crippen molar-refractivity contribution in [3.8, 4) is 11.1 Å². The number of pyridine rings is 1. The zero-order valence-corrected chi connectivity index (χ0v) is 13.3. The van der Waals surface area contributed by atoms with E-state index in [0.29, 0.717) is 12.3 Å². The maximum atomic E-state index is 12.7. The average Bonchev–Trinajstić information content (AvgIpc) is 2.57. The number of anilines is 1. The summed E-state index contributed by atoms with van der Waals surface area (Å²) in [7, 11) is 1.40. The predicted molar refractivity (Wildman–Crippen MR) is 87.0 cm³/mol. The summed E-state index contributed by atoms with van der Waals surface area (Å²) >= 11 is 0. The van der Waals surface area contributed by atoms with Crippen molar-refractivity contribution < 1.29 is 18.3 Å². The van der Waals surface area contributed by atoms with Gasteiger partial charge in [0.15, 0.2) is 0 Å². The van der Waals surface area contributed by atoms with E-state index in [2.05, 4.69) is 14.6 Å². The van der Waals surface area contributed by atoms with Crippen molar-refractivity contribution in [3.05, 3.63) is 48.3 Å². The second-order valence-electron chi connectivity index (χ2n) is 5.87. The summed E-state index contributed by atoms with van der Waals surface area (Å²) in [6.45, 7) is 1.64. The van der Waals surface area contributed by atoms with Gasteiger partial charge in [-0.15, -0.1) is 0 Å². The largest absolute Gasteiger partial charge is 0.469 e. The molecule has 6 heteroatoms. The molecule has 1 aromatic heterocycles. The summed E-state index contributed by atoms with van der Waals surface area (Å²) in [5.74, 6) is 0.147. The van der Waals surface area contributed by atoms with Crippen LogP contribution in [0.3, 0.4) is 0 Å². The van der Waals surface area contributed by atoms with Crippen molar-refractivity contribution in [2.75, 3.05) is 25.1 Å². The highest BCUT2D eigenvalue weighted by Gasteiger charge is 2.29. The van der Waals surface area contributed by atoms with Gasteiger partial charge in [0.2, 0.25) is 0 Å². The Morgan fingerprint density at radius 3 is 2.58 bits per heavy atom. The Morgan fingerprint density at radius 1 is 1.25 bits per heavy atom. The van der Waals surface area contributed by atoms with E-state index in [1.54, 1.807) is 6.07 Å². The lowest BCUT2D eigenvalue weighted by atomic mass is 9.95. The topological polar surface area (TPSA) is 42.4 Å². The lowest BCUT2D eigenvalue weighted by molar-refractivity contribution is -0.141. The van der Waals surface area contributed by atoms with Crippen LogP contribution in [0, 0.1) is 5.92 Å². The maximum absolute atomic E-state index is 12.7. The molecule has 2 aromatic rings. The first kappa shape index (κ1) is 16.4. The van der Waals surface area contributed by atoms with Crippen molar-refractivity contribution in [1.29, 1.82) is 0 Å². The lowest BCUT2D eigenvalue weighted by Crippen LogP contribution is -2.47. The number of carbonyl (C=O) groups excluding carboxylic acids is 1. The van der Waals surface area contributed by atoms with Gasteiger partial charge in [-0.1, -0.05) is 12.1 Å². The second kappa shape index (κ2) is 6.95. The number of alkyl halides is 2. The zero-order valence-electron chi connectivity index (χ0n) is 13.3. The molecular weight excluding hydrogens is 314 g/mol. The molecule has 1 aromatic carbocycles. The first-order valence-electron chi connectivity index (χ1n) is 7.73. The van der Waals surface area contributed by atoms with Gasteiger partial charge in [-0.2, -0.15) is 0 Å². The number of nitrogens with zero attached hydrogens (tertiary/aromatic N) is 2. The van der Waals surface area contributed by atoms with Crippen LogP contribution >= 0.6 is 0 Å². The molecule has 1 aliphatic heterocycles. The highest BCUT2D eigenvalue weighted by atomic mass is 19.3. The number of ether oxygens (including phenoxy) is 1. The van der Waals surface area contributed by atoms with Crippen LogP contribution in [-0.4, -0.2) is 31.2 Å². The van der Waals surface area contributed by atoms with Gasteiger partial charge in [-0.05, 0) is 35.4 Å². The third-order valence-corrected chi connectivity index (χ3v) is 4.21. The van der Waals surface area contributed by atoms with Crippen LogP contribution in [0.1, 0.15) is 18.5 Å². The molecule has 0 atom stereocenters. The van der Waals surface area contributed by atoms with Crippen molar-refractivity contribution in [2.45, 2.75) is 12.8 Å². The number of rotatable bonds is 5. The molecule has 2 heterocycles. The highest BCUT2D eigenvalue weighted by molar-refractivity contribution is 5.70. The molecule has 0 radical (unpaired) electrons. The third kappa shape index (κ3) is 3.53. The number of aromatic nitrogens is 1. The van der Waals surface area contributed by atoms with Crippen LogP contribution in [0.25, 0.3) is 11.1 Å². The van der Waals surface area contributed by atoms with Gasteiger partial charge in [-0.3, -0.25) is 9.78 Å². The highest BCUT2D eigenvalue weighted by Crippen LogP contribution is 2.30. The Labute approximate surface area is 139 Å². The van der Waals surface area contributed by atoms with Crippen LogP contribution in [0.2, 0.25) is 0 Å². The molecule has 1 saturated heterocycles. The summed E-state index contributed by atoms with van der Waals surface area (Å²) < 4.78 is 30.1. The second-order valence-corrected chi connectivity index (χ2v) is 5.87. The first-order chi connectivity index (χ1) is 11.6. The summed E-state index contributed by atoms with van der Waals surface area (Å²) in [5.41, 5.74) is 2.43. The van der Waals surface area contributed by atoms with E-state index in [9.17, 15) is 13.6 Å². The zero-order chi connectivity index (χ0) is 17.1. The van der Waals surface area contributed by atoms with E-state index in [0.717, 1.165) is 29.9 Å². The van der Waals surface area contributed by atoms with Crippen molar-refractivity contribution in [3.63, 3.8) is 0 Å². The summed E-state index contributed by atoms with van der Waals surface area (Å²) in [6, 6.07) is 10.9. The molecule has 126 valence electrons. The molecule has 0 aliphatic carbocycles. The average molecular weight is 332 g/mol. The third-order valence-electron chi connectivity index (χ3n) is 4.21. The van der Waals surface area contributed by atoms with Gasteiger partial charge in [0.1, 0.15) is 5.69 Å². The Morgan fingerprint density at radius 2 is 1.96 bits per heavy atom. The molecule has 3 rings (SSSR count). The molecule has 0 unspecified atom stereocenters. The van der Waals surface area contributed by atoms with Crippen LogP contribution in [0.15, 0.2) is 42.6 Å². The Bertz CT molecular complexity index is 713. The lowest BCUT2D eigenvalue weighted by Gasteiger charge is -2.40. The fourth-order valence-corrected chi connectivity index (χ4v) is 2.84. The molecule has 4 nitrogen and oxygen atoms in total. The molecule has 1 aliphatic rings. The Hall–Kier alpha value is -2.50.